The van der Waals surface area contributed by atoms with Gasteiger partial charge in [-0.05, 0) is 40.0 Å². The summed E-state index contributed by atoms with van der Waals surface area (Å²) in [6.45, 7) is 0.565. The molecule has 0 atom stereocenters. The monoisotopic (exact) mass is 322 g/mol. The number of carbonyl (C=O) groups excluding carboxylic acids is 1. The number of benzene rings is 1. The Balaban J connectivity index is 1.88. The van der Waals surface area contributed by atoms with Crippen LogP contribution in [0.3, 0.4) is 0 Å². The van der Waals surface area contributed by atoms with E-state index in [2.05, 4.69) is 26.2 Å². The first-order valence-corrected chi connectivity index (χ1v) is 6.74. The van der Waals surface area contributed by atoms with Gasteiger partial charge >= 0.3 is 0 Å². The molecule has 0 aliphatic carbocycles. The lowest BCUT2D eigenvalue weighted by Gasteiger charge is -2.08. The Hall–Kier alpha value is -1.75. The van der Waals surface area contributed by atoms with Crippen LogP contribution in [-0.4, -0.2) is 24.5 Å². The number of aromatic amines is 1. The van der Waals surface area contributed by atoms with Gasteiger partial charge in [0, 0.05) is 17.2 Å². The van der Waals surface area contributed by atoms with Gasteiger partial charge < -0.3 is 15.0 Å². The first-order valence-electron chi connectivity index (χ1n) is 5.94. The lowest BCUT2D eigenvalue weighted by Crippen LogP contribution is -2.26. The van der Waals surface area contributed by atoms with Gasteiger partial charge in [0.05, 0.1) is 7.11 Å². The lowest BCUT2D eigenvalue weighted by molar-refractivity contribution is 0.0949. The highest BCUT2D eigenvalue weighted by atomic mass is 79.9. The number of carbonyl (C=O) groups is 1. The summed E-state index contributed by atoms with van der Waals surface area (Å²) >= 11 is 3.30. The zero-order valence-corrected chi connectivity index (χ0v) is 12.2. The molecule has 4 nitrogen and oxygen atoms in total. The van der Waals surface area contributed by atoms with Crippen LogP contribution in [0, 0.1) is 0 Å². The van der Waals surface area contributed by atoms with E-state index in [1.807, 2.05) is 24.3 Å². The number of halogens is 1. The number of rotatable bonds is 5. The summed E-state index contributed by atoms with van der Waals surface area (Å²) in [4.78, 5) is 14.7. The van der Waals surface area contributed by atoms with E-state index in [4.69, 9.17) is 4.74 Å². The van der Waals surface area contributed by atoms with Crippen LogP contribution in [0.5, 0.6) is 5.75 Å². The molecule has 2 aromatic rings. The Morgan fingerprint density at radius 2 is 2.21 bits per heavy atom. The van der Waals surface area contributed by atoms with Crippen LogP contribution in [0.2, 0.25) is 0 Å². The molecular weight excluding hydrogens is 308 g/mol. The standard InChI is InChI=1S/C14H15BrN2O2/c1-19-13-5-3-2-4-10(13)6-7-16-14(18)12-8-11(15)9-17-12/h2-5,8-9,17H,6-7H2,1H3,(H,16,18). The minimum absolute atomic E-state index is 0.111. The fraction of sp³-hybridized carbons (Fsp3) is 0.214. The van der Waals surface area contributed by atoms with Crippen LogP contribution in [-0.2, 0) is 6.42 Å². The predicted octanol–water partition coefficient (Wildman–Crippen LogP) is 2.76. The highest BCUT2D eigenvalue weighted by Crippen LogP contribution is 2.17. The van der Waals surface area contributed by atoms with Crippen LogP contribution in [0.4, 0.5) is 0 Å². The van der Waals surface area contributed by atoms with Gasteiger partial charge in [-0.3, -0.25) is 4.79 Å². The summed E-state index contributed by atoms with van der Waals surface area (Å²) in [7, 11) is 1.65. The Morgan fingerprint density at radius 1 is 1.42 bits per heavy atom. The number of methoxy groups -OCH3 is 1. The van der Waals surface area contributed by atoms with E-state index in [0.717, 1.165) is 22.2 Å². The van der Waals surface area contributed by atoms with Gasteiger partial charge in [-0.1, -0.05) is 18.2 Å². The molecule has 100 valence electrons. The average Bonchev–Trinajstić information content (AvgIpc) is 2.86. The summed E-state index contributed by atoms with van der Waals surface area (Å²) in [6.07, 6.45) is 2.47. The predicted molar refractivity (Wildman–Crippen MR) is 77.5 cm³/mol. The maximum atomic E-state index is 11.8. The molecule has 1 aromatic heterocycles. The molecule has 0 saturated heterocycles. The van der Waals surface area contributed by atoms with Crippen molar-refractivity contribution in [2.75, 3.05) is 13.7 Å². The van der Waals surface area contributed by atoms with Crippen molar-refractivity contribution in [3.05, 3.63) is 52.3 Å². The molecule has 5 heteroatoms. The van der Waals surface area contributed by atoms with Gasteiger partial charge in [-0.2, -0.15) is 0 Å². The summed E-state index contributed by atoms with van der Waals surface area (Å²) in [6, 6.07) is 9.55. The molecule has 0 radical (unpaired) electrons. The Morgan fingerprint density at radius 3 is 2.89 bits per heavy atom. The van der Waals surface area contributed by atoms with Crippen molar-refractivity contribution < 1.29 is 9.53 Å². The smallest absolute Gasteiger partial charge is 0.267 e. The summed E-state index contributed by atoms with van der Waals surface area (Å²) in [5.74, 6) is 0.736. The topological polar surface area (TPSA) is 54.1 Å². The number of H-pyrrole nitrogens is 1. The van der Waals surface area contributed by atoms with Gasteiger partial charge in [-0.15, -0.1) is 0 Å². The Labute approximate surface area is 120 Å². The van der Waals surface area contributed by atoms with Crippen LogP contribution in [0.15, 0.2) is 41.0 Å². The molecule has 2 N–H and O–H groups in total. The molecule has 1 amide bonds. The van der Waals surface area contributed by atoms with Crippen LogP contribution < -0.4 is 10.1 Å². The molecule has 19 heavy (non-hydrogen) atoms. The maximum Gasteiger partial charge on any atom is 0.267 e. The molecule has 1 aromatic carbocycles. The van der Waals surface area contributed by atoms with Gasteiger partial charge in [-0.25, -0.2) is 0 Å². The molecule has 0 spiro atoms. The molecule has 0 aliphatic heterocycles. The van der Waals surface area contributed by atoms with E-state index in [0.29, 0.717) is 12.2 Å². The fourth-order valence-electron chi connectivity index (χ4n) is 1.81. The Bertz CT molecular complexity index is 566. The second-order valence-electron chi connectivity index (χ2n) is 4.05. The van der Waals surface area contributed by atoms with Crippen molar-refractivity contribution in [1.29, 1.82) is 0 Å². The highest BCUT2D eigenvalue weighted by Gasteiger charge is 2.07. The SMILES string of the molecule is COc1ccccc1CCNC(=O)c1cc(Br)c[nH]1. The number of hydrogen-bond acceptors (Lipinski definition) is 2. The number of amides is 1. The zero-order valence-electron chi connectivity index (χ0n) is 10.6. The second kappa shape index (κ2) is 6.43. The third-order valence-corrected chi connectivity index (χ3v) is 3.22. The van der Waals surface area contributed by atoms with E-state index in [-0.39, 0.29) is 5.91 Å². The van der Waals surface area contributed by atoms with Gasteiger partial charge in [0.1, 0.15) is 11.4 Å². The largest absolute Gasteiger partial charge is 0.496 e. The van der Waals surface area contributed by atoms with Gasteiger partial charge in [0.2, 0.25) is 0 Å². The highest BCUT2D eigenvalue weighted by molar-refractivity contribution is 9.10. The normalized spacial score (nSPS) is 10.2. The number of para-hydroxylation sites is 1. The molecule has 0 saturated carbocycles. The summed E-state index contributed by atoms with van der Waals surface area (Å²) in [5, 5.41) is 2.87. The number of ether oxygens (including phenoxy) is 1. The van der Waals surface area contributed by atoms with Crippen molar-refractivity contribution in [2.45, 2.75) is 6.42 Å². The number of hydrogen-bond donors (Lipinski definition) is 2. The van der Waals surface area contributed by atoms with Crippen molar-refractivity contribution in [3.8, 4) is 5.75 Å². The maximum absolute atomic E-state index is 11.8. The van der Waals surface area contributed by atoms with E-state index >= 15 is 0 Å². The van der Waals surface area contributed by atoms with Crippen molar-refractivity contribution >= 4 is 21.8 Å². The van der Waals surface area contributed by atoms with Gasteiger partial charge in [0.25, 0.3) is 5.91 Å². The van der Waals surface area contributed by atoms with E-state index < -0.39 is 0 Å². The fourth-order valence-corrected chi connectivity index (χ4v) is 2.16. The Kier molecular flexibility index (Phi) is 4.63. The van der Waals surface area contributed by atoms with E-state index in [1.54, 1.807) is 19.4 Å². The zero-order chi connectivity index (χ0) is 13.7. The third kappa shape index (κ3) is 3.61. The van der Waals surface area contributed by atoms with Crippen LogP contribution >= 0.6 is 15.9 Å². The quantitative estimate of drug-likeness (QED) is 0.889. The third-order valence-electron chi connectivity index (χ3n) is 2.76. The number of nitrogens with one attached hydrogen (secondary N) is 2. The van der Waals surface area contributed by atoms with Crippen LogP contribution in [0.25, 0.3) is 0 Å². The molecule has 0 aliphatic rings. The molecule has 2 rings (SSSR count). The van der Waals surface area contributed by atoms with E-state index in [1.165, 1.54) is 0 Å². The minimum atomic E-state index is -0.111. The molecule has 1 heterocycles. The lowest BCUT2D eigenvalue weighted by atomic mass is 10.1. The summed E-state index contributed by atoms with van der Waals surface area (Å²) < 4.78 is 6.13. The molecular formula is C14H15BrN2O2. The first-order chi connectivity index (χ1) is 9.20. The summed E-state index contributed by atoms with van der Waals surface area (Å²) in [5.41, 5.74) is 1.63. The first kappa shape index (κ1) is 13.7. The van der Waals surface area contributed by atoms with Crippen molar-refractivity contribution in [2.24, 2.45) is 0 Å². The van der Waals surface area contributed by atoms with Gasteiger partial charge in [0.15, 0.2) is 0 Å². The van der Waals surface area contributed by atoms with Crippen molar-refractivity contribution in [1.82, 2.24) is 10.3 Å². The second-order valence-corrected chi connectivity index (χ2v) is 4.96. The van der Waals surface area contributed by atoms with E-state index in [9.17, 15) is 4.79 Å². The molecule has 0 bridgehead atoms. The number of aromatic nitrogens is 1. The minimum Gasteiger partial charge on any atom is -0.496 e. The van der Waals surface area contributed by atoms with Crippen molar-refractivity contribution in [3.63, 3.8) is 0 Å². The molecule has 0 fully saturated rings. The average molecular weight is 323 g/mol. The van der Waals surface area contributed by atoms with Crippen LogP contribution in [0.1, 0.15) is 16.1 Å². The molecule has 0 unspecified atom stereocenters.